The molecule has 0 aliphatic heterocycles. The Morgan fingerprint density at radius 1 is 1.11 bits per heavy atom. The monoisotopic (exact) mass is 520 g/mol. The van der Waals surface area contributed by atoms with E-state index in [1.807, 2.05) is 45.9 Å². The molecule has 0 fully saturated rings. The Morgan fingerprint density at radius 2 is 1.76 bits per heavy atom. The van der Waals surface area contributed by atoms with Crippen LogP contribution in [-0.4, -0.2) is 64.7 Å². The smallest absolute Gasteiger partial charge is 0.408 e. The van der Waals surface area contributed by atoms with Gasteiger partial charge < -0.3 is 31.1 Å². The van der Waals surface area contributed by atoms with Crippen molar-refractivity contribution in [3.8, 4) is 0 Å². The third-order valence-corrected chi connectivity index (χ3v) is 5.69. The summed E-state index contributed by atoms with van der Waals surface area (Å²) in [5.74, 6) is -1.68. The number of primary amides is 1. The fraction of sp³-hybridized carbons (Fsp3) is 0.630. The second kappa shape index (κ2) is 14.6. The van der Waals surface area contributed by atoms with E-state index in [2.05, 4.69) is 10.6 Å². The average Bonchev–Trinajstić information content (AvgIpc) is 2.76. The van der Waals surface area contributed by atoms with Gasteiger partial charge in [0.25, 0.3) is 0 Å². The average molecular weight is 521 g/mol. The topological polar surface area (TPSA) is 151 Å². The SMILES string of the molecule is CCCC(C)NC(=O)C(c1cc(C)ccc1C)N(CCO)C(=O)C(CCC(N)=O)NC(=O)OC(C)(C)C. The molecule has 1 aromatic carbocycles. The molecule has 0 bridgehead atoms. The minimum absolute atomic E-state index is 0.0945. The molecule has 0 heterocycles. The predicted molar refractivity (Wildman–Crippen MR) is 142 cm³/mol. The Morgan fingerprint density at radius 3 is 2.30 bits per heavy atom. The van der Waals surface area contributed by atoms with Crippen LogP contribution in [0.2, 0.25) is 0 Å². The number of aliphatic hydroxyl groups is 1. The Labute approximate surface area is 220 Å². The zero-order valence-corrected chi connectivity index (χ0v) is 23.2. The molecule has 0 radical (unpaired) electrons. The third kappa shape index (κ3) is 10.8. The van der Waals surface area contributed by atoms with Crippen molar-refractivity contribution in [1.82, 2.24) is 15.5 Å². The van der Waals surface area contributed by atoms with E-state index < -0.39 is 48.1 Å². The van der Waals surface area contributed by atoms with E-state index in [-0.39, 0.29) is 25.4 Å². The van der Waals surface area contributed by atoms with E-state index in [0.29, 0.717) is 5.56 Å². The molecule has 3 unspecified atom stereocenters. The maximum atomic E-state index is 13.9. The summed E-state index contributed by atoms with van der Waals surface area (Å²) in [6.45, 7) is 12.1. The van der Waals surface area contributed by atoms with Gasteiger partial charge in [-0.1, -0.05) is 37.1 Å². The number of rotatable bonds is 13. The molecule has 0 spiro atoms. The van der Waals surface area contributed by atoms with Crippen LogP contribution in [0.3, 0.4) is 0 Å². The zero-order valence-electron chi connectivity index (χ0n) is 23.2. The molecule has 5 N–H and O–H groups in total. The number of ether oxygens (including phenoxy) is 1. The largest absolute Gasteiger partial charge is 0.444 e. The van der Waals surface area contributed by atoms with Crippen LogP contribution in [0.25, 0.3) is 0 Å². The highest BCUT2D eigenvalue weighted by atomic mass is 16.6. The summed E-state index contributed by atoms with van der Waals surface area (Å²) in [5, 5.41) is 15.4. The van der Waals surface area contributed by atoms with Gasteiger partial charge in [0.05, 0.1) is 6.61 Å². The zero-order chi connectivity index (χ0) is 28.3. The summed E-state index contributed by atoms with van der Waals surface area (Å²) in [6.07, 6.45) is 0.504. The van der Waals surface area contributed by atoms with Gasteiger partial charge in [-0.15, -0.1) is 0 Å². The van der Waals surface area contributed by atoms with Crippen LogP contribution in [0.15, 0.2) is 18.2 Å². The molecular weight excluding hydrogens is 476 g/mol. The summed E-state index contributed by atoms with van der Waals surface area (Å²) in [5.41, 5.74) is 6.79. The second-order valence-corrected chi connectivity index (χ2v) is 10.4. The normalized spacial score (nSPS) is 13.7. The first-order chi connectivity index (χ1) is 17.2. The van der Waals surface area contributed by atoms with Gasteiger partial charge >= 0.3 is 6.09 Å². The van der Waals surface area contributed by atoms with E-state index in [1.54, 1.807) is 20.8 Å². The van der Waals surface area contributed by atoms with Crippen molar-refractivity contribution in [2.24, 2.45) is 5.73 Å². The standard InChI is InChI=1S/C27H44N4O6/c1-8-9-19(4)29-24(34)23(20-16-17(2)10-11-18(20)3)31(14-15-32)25(35)21(12-13-22(28)33)30-26(36)37-27(5,6)7/h10-11,16,19,21,23,32H,8-9,12-15H2,1-7H3,(H2,28,33)(H,29,34)(H,30,36). The predicted octanol–water partition coefficient (Wildman–Crippen LogP) is 2.63. The summed E-state index contributed by atoms with van der Waals surface area (Å²) >= 11 is 0. The molecule has 0 aliphatic rings. The summed E-state index contributed by atoms with van der Waals surface area (Å²) in [4.78, 5) is 52.8. The quantitative estimate of drug-likeness (QED) is 0.314. The van der Waals surface area contributed by atoms with Gasteiger partial charge in [0, 0.05) is 19.0 Å². The molecule has 0 saturated carbocycles. The fourth-order valence-corrected chi connectivity index (χ4v) is 4.00. The van der Waals surface area contributed by atoms with Gasteiger partial charge in [-0.05, 0) is 65.5 Å². The summed E-state index contributed by atoms with van der Waals surface area (Å²) in [7, 11) is 0. The summed E-state index contributed by atoms with van der Waals surface area (Å²) in [6, 6.07) is 3.19. The van der Waals surface area contributed by atoms with Crippen molar-refractivity contribution >= 4 is 23.8 Å². The number of carbonyl (C=O) groups is 4. The lowest BCUT2D eigenvalue weighted by atomic mass is 9.95. The van der Waals surface area contributed by atoms with Gasteiger partial charge in [-0.3, -0.25) is 14.4 Å². The second-order valence-electron chi connectivity index (χ2n) is 10.4. The molecule has 10 nitrogen and oxygen atoms in total. The Hall–Kier alpha value is -3.14. The van der Waals surface area contributed by atoms with Gasteiger partial charge in [0.1, 0.15) is 17.7 Å². The van der Waals surface area contributed by atoms with Crippen molar-refractivity contribution in [2.45, 2.75) is 97.9 Å². The highest BCUT2D eigenvalue weighted by Gasteiger charge is 2.37. The van der Waals surface area contributed by atoms with Gasteiger partial charge in [-0.25, -0.2) is 4.79 Å². The van der Waals surface area contributed by atoms with E-state index in [4.69, 9.17) is 10.5 Å². The number of hydrogen-bond donors (Lipinski definition) is 4. The molecule has 4 amide bonds. The molecular formula is C27H44N4O6. The third-order valence-electron chi connectivity index (χ3n) is 5.69. The first-order valence-corrected chi connectivity index (χ1v) is 12.8. The molecule has 0 aromatic heterocycles. The number of amides is 4. The Kier molecular flexibility index (Phi) is 12.6. The van der Waals surface area contributed by atoms with Crippen molar-refractivity contribution in [1.29, 1.82) is 0 Å². The molecule has 3 atom stereocenters. The van der Waals surface area contributed by atoms with E-state index in [1.165, 1.54) is 4.90 Å². The highest BCUT2D eigenvalue weighted by molar-refractivity contribution is 5.92. The number of nitrogens with zero attached hydrogens (tertiary/aromatic N) is 1. The van der Waals surface area contributed by atoms with Crippen LogP contribution >= 0.6 is 0 Å². The molecule has 1 rings (SSSR count). The van der Waals surface area contributed by atoms with Gasteiger partial charge in [0.15, 0.2) is 0 Å². The fourth-order valence-electron chi connectivity index (χ4n) is 4.00. The van der Waals surface area contributed by atoms with Crippen LogP contribution in [0, 0.1) is 13.8 Å². The number of hydrogen-bond acceptors (Lipinski definition) is 6. The number of benzene rings is 1. The molecule has 1 aromatic rings. The molecule has 10 heteroatoms. The van der Waals surface area contributed by atoms with Crippen molar-refractivity contribution in [3.63, 3.8) is 0 Å². The van der Waals surface area contributed by atoms with Crippen LogP contribution in [0.1, 0.15) is 83.0 Å². The van der Waals surface area contributed by atoms with E-state index >= 15 is 0 Å². The van der Waals surface area contributed by atoms with Crippen LogP contribution in [0.5, 0.6) is 0 Å². The number of alkyl carbamates (subject to hydrolysis) is 1. The number of nitrogens with two attached hydrogens (primary N) is 1. The van der Waals surface area contributed by atoms with Crippen molar-refractivity contribution in [2.75, 3.05) is 13.2 Å². The molecule has 37 heavy (non-hydrogen) atoms. The summed E-state index contributed by atoms with van der Waals surface area (Å²) < 4.78 is 5.31. The number of nitrogens with one attached hydrogen (secondary N) is 2. The lowest BCUT2D eigenvalue weighted by Crippen LogP contribution is -2.54. The van der Waals surface area contributed by atoms with Crippen LogP contribution < -0.4 is 16.4 Å². The van der Waals surface area contributed by atoms with Crippen molar-refractivity contribution < 1.29 is 29.0 Å². The minimum atomic E-state index is -1.21. The number of carbonyl (C=O) groups excluding carboxylic acids is 4. The molecule has 0 saturated heterocycles. The van der Waals surface area contributed by atoms with E-state index in [0.717, 1.165) is 24.0 Å². The first-order valence-electron chi connectivity index (χ1n) is 12.8. The maximum absolute atomic E-state index is 13.9. The van der Waals surface area contributed by atoms with Gasteiger partial charge in [-0.2, -0.15) is 0 Å². The van der Waals surface area contributed by atoms with Crippen LogP contribution in [0.4, 0.5) is 4.79 Å². The Balaban J connectivity index is 3.53. The van der Waals surface area contributed by atoms with Crippen LogP contribution in [-0.2, 0) is 19.1 Å². The minimum Gasteiger partial charge on any atom is -0.444 e. The lowest BCUT2D eigenvalue weighted by molar-refractivity contribution is -0.143. The van der Waals surface area contributed by atoms with Crippen molar-refractivity contribution in [3.05, 3.63) is 34.9 Å². The molecule has 208 valence electrons. The number of aliphatic hydroxyl groups excluding tert-OH is 1. The number of aryl methyl sites for hydroxylation is 2. The molecule has 0 aliphatic carbocycles. The highest BCUT2D eigenvalue weighted by Crippen LogP contribution is 2.27. The Bertz CT molecular complexity index is 943. The lowest BCUT2D eigenvalue weighted by Gasteiger charge is -2.35. The van der Waals surface area contributed by atoms with Gasteiger partial charge in [0.2, 0.25) is 17.7 Å². The maximum Gasteiger partial charge on any atom is 0.408 e. The first kappa shape index (κ1) is 31.9. The van der Waals surface area contributed by atoms with E-state index in [9.17, 15) is 24.3 Å².